The zero-order chi connectivity index (χ0) is 28.6. The molecule has 0 bridgehead atoms. The molecule has 0 spiro atoms. The van der Waals surface area contributed by atoms with Gasteiger partial charge in [-0.15, -0.1) is 0 Å². The van der Waals surface area contributed by atoms with E-state index in [1.807, 2.05) is 26.0 Å². The molecule has 3 aliphatic rings. The van der Waals surface area contributed by atoms with Crippen molar-refractivity contribution in [2.75, 3.05) is 30.8 Å². The van der Waals surface area contributed by atoms with Crippen LogP contribution < -0.4 is 16.4 Å². The predicted molar refractivity (Wildman–Crippen MR) is 169 cm³/mol. The van der Waals surface area contributed by atoms with Crippen LogP contribution in [0.25, 0.3) is 0 Å². The van der Waals surface area contributed by atoms with Crippen molar-refractivity contribution in [2.24, 2.45) is 10.7 Å². The molecule has 5 rings (SSSR count). The number of hydrogen-bond acceptors (Lipinski definition) is 7. The van der Waals surface area contributed by atoms with Crippen LogP contribution in [-0.2, 0) is 6.54 Å². The van der Waals surface area contributed by atoms with Gasteiger partial charge in [0.15, 0.2) is 6.17 Å². The Morgan fingerprint density at radius 3 is 2.42 bits per heavy atom. The van der Waals surface area contributed by atoms with E-state index in [0.29, 0.717) is 11.9 Å². The smallest absolute Gasteiger partial charge is 0.151 e. The lowest BCUT2D eigenvalue weighted by molar-refractivity contribution is 0.205. The number of amidine groups is 1. The van der Waals surface area contributed by atoms with Crippen molar-refractivity contribution in [3.8, 4) is 0 Å². The number of pyridine rings is 1. The van der Waals surface area contributed by atoms with Crippen LogP contribution in [0.2, 0.25) is 0 Å². The number of benzene rings is 1. The molecule has 7 nitrogen and oxygen atoms in total. The quantitative estimate of drug-likeness (QED) is 0.423. The van der Waals surface area contributed by atoms with Crippen LogP contribution in [0.15, 0.2) is 82.8 Å². The third kappa shape index (κ3) is 6.31. The summed E-state index contributed by atoms with van der Waals surface area (Å²) in [5, 5.41) is 0. The Labute approximate surface area is 241 Å². The van der Waals surface area contributed by atoms with Gasteiger partial charge in [-0.1, -0.05) is 52.3 Å². The number of allylic oxidation sites excluding steroid dienone is 4. The summed E-state index contributed by atoms with van der Waals surface area (Å²) in [6.07, 6.45) is 13.7. The fourth-order valence-electron chi connectivity index (χ4n) is 5.77. The van der Waals surface area contributed by atoms with Crippen LogP contribution >= 0.6 is 0 Å². The highest BCUT2D eigenvalue weighted by Gasteiger charge is 2.40. The molecule has 3 aliphatic heterocycles. The van der Waals surface area contributed by atoms with E-state index in [1.165, 1.54) is 16.8 Å². The Bertz CT molecular complexity index is 1250. The van der Waals surface area contributed by atoms with E-state index in [9.17, 15) is 0 Å². The highest BCUT2D eigenvalue weighted by atomic mass is 15.4. The maximum absolute atomic E-state index is 6.37. The lowest BCUT2D eigenvalue weighted by Gasteiger charge is -2.39. The average Bonchev–Trinajstić information content (AvgIpc) is 3.36. The Kier molecular flexibility index (Phi) is 10.2. The van der Waals surface area contributed by atoms with Gasteiger partial charge in [0.2, 0.25) is 0 Å². The molecule has 1 aromatic heterocycles. The number of aliphatic imine (C=N–C) groups is 1. The standard InChI is InChI=1S/C31H41N7.C2H6/c1-4-7-23(8-5-2)28-15-14-27-31(36(28)3)38(30(35-27)26-9-6-18-34-29(26)33)25-12-10-22(11-13-25)21-37-19-16-24(32)17-20-37;1-2/h6-7,9-15,18,24,31H,4-5,8,16-17,19-21,32H2,1-3H3,(H2,33,34);1-2H3/b23-7+;. The minimum atomic E-state index is -0.0591. The summed E-state index contributed by atoms with van der Waals surface area (Å²) in [4.78, 5) is 16.7. The molecule has 0 radical (unpaired) electrons. The molecule has 1 fully saturated rings. The Hall–Kier alpha value is -3.42. The van der Waals surface area contributed by atoms with E-state index in [-0.39, 0.29) is 6.17 Å². The van der Waals surface area contributed by atoms with Gasteiger partial charge >= 0.3 is 0 Å². The second kappa shape index (κ2) is 13.8. The van der Waals surface area contributed by atoms with Gasteiger partial charge < -0.3 is 16.4 Å². The highest BCUT2D eigenvalue weighted by molar-refractivity contribution is 6.15. The lowest BCUT2D eigenvalue weighted by Crippen LogP contribution is -2.48. The zero-order valence-electron chi connectivity index (χ0n) is 25.0. The number of rotatable bonds is 8. The third-order valence-electron chi connectivity index (χ3n) is 7.76. The van der Waals surface area contributed by atoms with Crippen LogP contribution in [0.1, 0.15) is 70.9 Å². The second-order valence-electron chi connectivity index (χ2n) is 10.5. The molecule has 0 amide bonds. The summed E-state index contributed by atoms with van der Waals surface area (Å²) in [5.74, 6) is 1.33. The summed E-state index contributed by atoms with van der Waals surface area (Å²) in [7, 11) is 2.18. The minimum absolute atomic E-state index is 0.0591. The molecular formula is C33H47N7. The van der Waals surface area contributed by atoms with Gasteiger partial charge in [0.05, 0.1) is 11.3 Å². The number of piperidine rings is 1. The summed E-state index contributed by atoms with van der Waals surface area (Å²) < 4.78 is 0. The van der Waals surface area contributed by atoms with Gasteiger partial charge in [0.25, 0.3) is 0 Å². The SMILES string of the molecule is CC.CC/C=C(\CCC)C1=CC=C2N=C(c3cccnc3N)N(c3ccc(CN4CCC(N)CC4)cc3)C2N1C. The van der Waals surface area contributed by atoms with E-state index in [4.69, 9.17) is 16.5 Å². The molecule has 1 atom stereocenters. The lowest BCUT2D eigenvalue weighted by atomic mass is 10.0. The average molecular weight is 542 g/mol. The number of nitrogens with zero attached hydrogens (tertiary/aromatic N) is 5. The van der Waals surface area contributed by atoms with Gasteiger partial charge in [0, 0.05) is 37.2 Å². The first kappa shape index (κ1) is 29.6. The number of likely N-dealkylation sites (N-methyl/N-ethyl adjacent to an activating group) is 1. The number of nitrogen functional groups attached to an aromatic ring is 1. The third-order valence-corrected chi connectivity index (χ3v) is 7.76. The molecule has 1 unspecified atom stereocenters. The molecular weight excluding hydrogens is 494 g/mol. The van der Waals surface area contributed by atoms with Crippen LogP contribution in [0.4, 0.5) is 11.5 Å². The number of hydrogen-bond donors (Lipinski definition) is 2. The van der Waals surface area contributed by atoms with E-state index >= 15 is 0 Å². The van der Waals surface area contributed by atoms with Gasteiger partial charge in [-0.25, -0.2) is 9.98 Å². The molecule has 1 aromatic carbocycles. The molecule has 214 valence electrons. The monoisotopic (exact) mass is 541 g/mol. The molecule has 4 N–H and O–H groups in total. The van der Waals surface area contributed by atoms with Crippen LogP contribution in [0.5, 0.6) is 0 Å². The van der Waals surface area contributed by atoms with Crippen molar-refractivity contribution in [1.82, 2.24) is 14.8 Å². The first-order chi connectivity index (χ1) is 19.5. The Balaban J connectivity index is 0.00000181. The normalized spacial score (nSPS) is 19.9. The van der Waals surface area contributed by atoms with Gasteiger partial charge in [-0.3, -0.25) is 9.80 Å². The van der Waals surface area contributed by atoms with Crippen LogP contribution in [0, 0.1) is 0 Å². The molecule has 2 aromatic rings. The topological polar surface area (TPSA) is 87.0 Å². The molecule has 1 saturated heterocycles. The van der Waals surface area contributed by atoms with E-state index in [2.05, 4.69) is 83.1 Å². The van der Waals surface area contributed by atoms with Crippen molar-refractivity contribution in [3.05, 3.63) is 88.9 Å². The summed E-state index contributed by atoms with van der Waals surface area (Å²) >= 11 is 0. The first-order valence-electron chi connectivity index (χ1n) is 15.0. The molecule has 40 heavy (non-hydrogen) atoms. The van der Waals surface area contributed by atoms with Crippen LogP contribution in [-0.4, -0.2) is 53.0 Å². The van der Waals surface area contributed by atoms with Crippen molar-refractivity contribution in [3.63, 3.8) is 0 Å². The molecule has 0 saturated carbocycles. The Morgan fingerprint density at radius 2 is 1.77 bits per heavy atom. The number of anilines is 2. The maximum Gasteiger partial charge on any atom is 0.151 e. The molecule has 0 aliphatic carbocycles. The largest absolute Gasteiger partial charge is 0.383 e. The van der Waals surface area contributed by atoms with Crippen LogP contribution in [0.3, 0.4) is 0 Å². The second-order valence-corrected chi connectivity index (χ2v) is 10.5. The number of fused-ring (bicyclic) bond motifs is 1. The summed E-state index contributed by atoms with van der Waals surface area (Å²) in [6.45, 7) is 11.5. The van der Waals surface area contributed by atoms with Crippen molar-refractivity contribution < 1.29 is 0 Å². The van der Waals surface area contributed by atoms with Gasteiger partial charge in [0.1, 0.15) is 11.7 Å². The fraction of sp³-hybridized carbons (Fsp3) is 0.455. The summed E-state index contributed by atoms with van der Waals surface area (Å²) in [6, 6.07) is 13.2. The number of likely N-dealkylation sites (tertiary alicyclic amines) is 1. The Morgan fingerprint density at radius 1 is 1.05 bits per heavy atom. The predicted octanol–water partition coefficient (Wildman–Crippen LogP) is 6.06. The van der Waals surface area contributed by atoms with E-state index in [1.54, 1.807) is 6.20 Å². The van der Waals surface area contributed by atoms with Crippen molar-refractivity contribution in [2.45, 2.75) is 78.6 Å². The van der Waals surface area contributed by atoms with Gasteiger partial charge in [-0.05, 0) is 86.3 Å². The number of nitrogens with two attached hydrogens (primary N) is 2. The molecule has 4 heterocycles. The summed E-state index contributed by atoms with van der Waals surface area (Å²) in [5.41, 5.74) is 19.4. The first-order valence-corrected chi connectivity index (χ1v) is 15.0. The van der Waals surface area contributed by atoms with Gasteiger partial charge in [-0.2, -0.15) is 0 Å². The maximum atomic E-state index is 6.37. The van der Waals surface area contributed by atoms with E-state index < -0.39 is 0 Å². The molecule has 7 heteroatoms. The zero-order valence-corrected chi connectivity index (χ0v) is 25.0. The van der Waals surface area contributed by atoms with E-state index in [0.717, 1.165) is 74.5 Å². The van der Waals surface area contributed by atoms with Crippen molar-refractivity contribution >= 4 is 17.3 Å². The number of aromatic nitrogens is 1. The van der Waals surface area contributed by atoms with Crippen molar-refractivity contribution in [1.29, 1.82) is 0 Å². The highest BCUT2D eigenvalue weighted by Crippen LogP contribution is 2.38. The minimum Gasteiger partial charge on any atom is -0.383 e. The fourth-order valence-corrected chi connectivity index (χ4v) is 5.77.